The summed E-state index contributed by atoms with van der Waals surface area (Å²) in [6, 6.07) is 0.842. The Morgan fingerprint density at radius 3 is 2.82 bits per heavy atom. The normalized spacial score (nSPS) is 25.0. The van der Waals surface area contributed by atoms with Gasteiger partial charge in [-0.15, -0.1) is 0 Å². The average molecular weight is 314 g/mol. The standard InChI is InChI=1S/C13H13F3N4O2/c14-13(15,16)10-4-9(7-2-1-3-17-5-7)19-11-8(12(21)22)6-18-20(10)11/h1-3,5,9-10,18-19H,4,6H2,(H,21,22). The van der Waals surface area contributed by atoms with Crippen molar-refractivity contribution < 1.29 is 23.1 Å². The van der Waals surface area contributed by atoms with Gasteiger partial charge in [-0.25, -0.2) is 10.2 Å². The molecule has 1 aromatic heterocycles. The second kappa shape index (κ2) is 5.16. The summed E-state index contributed by atoms with van der Waals surface area (Å²) in [7, 11) is 0. The van der Waals surface area contributed by atoms with Crippen molar-refractivity contribution in [3.8, 4) is 0 Å². The number of carbonyl (C=O) groups is 1. The Hall–Kier alpha value is -2.29. The first kappa shape index (κ1) is 14.6. The second-order valence-corrected chi connectivity index (χ2v) is 5.11. The third-order valence-electron chi connectivity index (χ3n) is 3.76. The van der Waals surface area contributed by atoms with Crippen LogP contribution in [0.1, 0.15) is 18.0 Å². The molecule has 118 valence electrons. The third kappa shape index (κ3) is 2.47. The van der Waals surface area contributed by atoms with Crippen molar-refractivity contribution in [3.63, 3.8) is 0 Å². The van der Waals surface area contributed by atoms with E-state index in [4.69, 9.17) is 5.11 Å². The van der Waals surface area contributed by atoms with Gasteiger partial charge in [0.2, 0.25) is 0 Å². The van der Waals surface area contributed by atoms with Crippen LogP contribution in [0.5, 0.6) is 0 Å². The Labute approximate surface area is 123 Å². The predicted molar refractivity (Wildman–Crippen MR) is 69.1 cm³/mol. The van der Waals surface area contributed by atoms with Crippen molar-refractivity contribution in [2.24, 2.45) is 0 Å². The molecule has 0 bridgehead atoms. The summed E-state index contributed by atoms with van der Waals surface area (Å²) in [4.78, 5) is 15.1. The molecular formula is C13H13F3N4O2. The van der Waals surface area contributed by atoms with Gasteiger partial charge in [-0.1, -0.05) is 6.07 Å². The van der Waals surface area contributed by atoms with E-state index < -0.39 is 24.2 Å². The van der Waals surface area contributed by atoms with Crippen LogP contribution in [0, 0.1) is 0 Å². The highest BCUT2D eigenvalue weighted by Gasteiger charge is 2.51. The van der Waals surface area contributed by atoms with Gasteiger partial charge in [0.15, 0.2) is 0 Å². The maximum absolute atomic E-state index is 13.3. The smallest absolute Gasteiger partial charge is 0.410 e. The molecule has 3 N–H and O–H groups in total. The molecule has 0 radical (unpaired) electrons. The molecule has 2 unspecified atom stereocenters. The monoisotopic (exact) mass is 314 g/mol. The van der Waals surface area contributed by atoms with E-state index in [0.717, 1.165) is 5.01 Å². The van der Waals surface area contributed by atoms with E-state index in [1.807, 2.05) is 0 Å². The average Bonchev–Trinajstić information content (AvgIpc) is 2.90. The number of hydrazine groups is 1. The van der Waals surface area contributed by atoms with Crippen LogP contribution in [0.25, 0.3) is 0 Å². The van der Waals surface area contributed by atoms with Gasteiger partial charge in [-0.3, -0.25) is 9.99 Å². The summed E-state index contributed by atoms with van der Waals surface area (Å²) in [5.41, 5.74) is 2.97. The van der Waals surface area contributed by atoms with Crippen molar-refractivity contribution in [2.75, 3.05) is 6.54 Å². The lowest BCUT2D eigenvalue weighted by molar-refractivity contribution is -0.193. The number of aliphatic carboxylic acids is 1. The largest absolute Gasteiger partial charge is 0.478 e. The highest BCUT2D eigenvalue weighted by atomic mass is 19.4. The number of carboxylic acid groups (broad SMARTS) is 1. The van der Waals surface area contributed by atoms with Gasteiger partial charge in [-0.05, 0) is 11.6 Å². The van der Waals surface area contributed by atoms with Crippen LogP contribution in [0.4, 0.5) is 13.2 Å². The topological polar surface area (TPSA) is 77.5 Å². The highest BCUT2D eigenvalue weighted by Crippen LogP contribution is 2.38. The van der Waals surface area contributed by atoms with Crippen LogP contribution in [-0.4, -0.2) is 39.8 Å². The molecule has 3 heterocycles. The molecule has 0 aliphatic carbocycles. The third-order valence-corrected chi connectivity index (χ3v) is 3.76. The highest BCUT2D eigenvalue weighted by molar-refractivity contribution is 5.88. The summed E-state index contributed by atoms with van der Waals surface area (Å²) in [6.07, 6.45) is -1.71. The fraction of sp³-hybridized carbons (Fsp3) is 0.385. The fourth-order valence-electron chi connectivity index (χ4n) is 2.71. The minimum absolute atomic E-state index is 0.0325. The molecule has 0 aromatic carbocycles. The maximum atomic E-state index is 13.3. The van der Waals surface area contributed by atoms with Gasteiger partial charge in [0.05, 0.1) is 18.2 Å². The number of pyridine rings is 1. The SMILES string of the molecule is O=C(O)C1=C2NC(c3cccnc3)CC(C(F)(F)F)N2NC1. The van der Waals surface area contributed by atoms with Crippen molar-refractivity contribution in [3.05, 3.63) is 41.5 Å². The second-order valence-electron chi connectivity index (χ2n) is 5.11. The van der Waals surface area contributed by atoms with Gasteiger partial charge in [0, 0.05) is 18.8 Å². The van der Waals surface area contributed by atoms with Crippen LogP contribution in [0.3, 0.4) is 0 Å². The van der Waals surface area contributed by atoms with Crippen LogP contribution < -0.4 is 10.7 Å². The molecule has 0 amide bonds. The molecule has 1 fully saturated rings. The Morgan fingerprint density at radius 2 is 2.23 bits per heavy atom. The molecule has 1 aromatic rings. The number of nitrogens with one attached hydrogen (secondary N) is 2. The summed E-state index contributed by atoms with van der Waals surface area (Å²) < 4.78 is 39.9. The van der Waals surface area contributed by atoms with E-state index in [9.17, 15) is 18.0 Å². The maximum Gasteiger partial charge on any atom is 0.410 e. The first-order valence-corrected chi connectivity index (χ1v) is 6.60. The molecule has 1 saturated heterocycles. The number of hydrogen-bond donors (Lipinski definition) is 3. The molecule has 2 aliphatic heterocycles. The number of rotatable bonds is 2. The van der Waals surface area contributed by atoms with Crippen LogP contribution >= 0.6 is 0 Å². The lowest BCUT2D eigenvalue weighted by atomic mass is 9.97. The van der Waals surface area contributed by atoms with Gasteiger partial charge in [-0.2, -0.15) is 13.2 Å². The van der Waals surface area contributed by atoms with Crippen molar-refractivity contribution >= 4 is 5.97 Å². The zero-order valence-corrected chi connectivity index (χ0v) is 11.3. The summed E-state index contributed by atoms with van der Waals surface area (Å²) in [5, 5.41) is 12.9. The van der Waals surface area contributed by atoms with Crippen LogP contribution in [0.15, 0.2) is 35.9 Å². The van der Waals surface area contributed by atoms with E-state index in [1.165, 1.54) is 12.4 Å². The summed E-state index contributed by atoms with van der Waals surface area (Å²) in [5.74, 6) is -1.28. The van der Waals surface area contributed by atoms with E-state index in [-0.39, 0.29) is 24.4 Å². The Balaban J connectivity index is 2.00. The zero-order valence-electron chi connectivity index (χ0n) is 11.3. The zero-order chi connectivity index (χ0) is 15.9. The summed E-state index contributed by atoms with van der Waals surface area (Å²) in [6.45, 7) is -0.149. The number of halogens is 3. The predicted octanol–water partition coefficient (Wildman–Crippen LogP) is 1.16. The van der Waals surface area contributed by atoms with E-state index in [2.05, 4.69) is 15.7 Å². The minimum atomic E-state index is -4.48. The quantitative estimate of drug-likeness (QED) is 0.760. The molecule has 0 spiro atoms. The Bertz CT molecular complexity index is 617. The number of alkyl halides is 3. The lowest BCUT2D eigenvalue weighted by Crippen LogP contribution is -2.56. The number of hydrogen-bond acceptors (Lipinski definition) is 5. The lowest BCUT2D eigenvalue weighted by Gasteiger charge is -2.41. The van der Waals surface area contributed by atoms with Crippen molar-refractivity contribution in [2.45, 2.75) is 24.7 Å². The molecule has 2 aliphatic rings. The number of carboxylic acids is 1. The Morgan fingerprint density at radius 1 is 1.45 bits per heavy atom. The van der Waals surface area contributed by atoms with Crippen molar-refractivity contribution in [1.29, 1.82) is 0 Å². The van der Waals surface area contributed by atoms with Crippen LogP contribution in [0.2, 0.25) is 0 Å². The molecule has 22 heavy (non-hydrogen) atoms. The molecule has 2 atom stereocenters. The molecule has 6 nitrogen and oxygen atoms in total. The van der Waals surface area contributed by atoms with Gasteiger partial charge >= 0.3 is 12.1 Å². The van der Waals surface area contributed by atoms with Crippen LogP contribution in [-0.2, 0) is 4.79 Å². The molecule has 3 rings (SSSR count). The van der Waals surface area contributed by atoms with Crippen molar-refractivity contribution in [1.82, 2.24) is 20.7 Å². The Kier molecular flexibility index (Phi) is 3.44. The van der Waals surface area contributed by atoms with E-state index in [1.54, 1.807) is 12.1 Å². The van der Waals surface area contributed by atoms with E-state index >= 15 is 0 Å². The summed E-state index contributed by atoms with van der Waals surface area (Å²) >= 11 is 0. The number of aromatic nitrogens is 1. The first-order chi connectivity index (χ1) is 10.4. The van der Waals surface area contributed by atoms with Gasteiger partial charge in [0.25, 0.3) is 0 Å². The van der Waals surface area contributed by atoms with E-state index in [0.29, 0.717) is 5.56 Å². The molecule has 9 heteroatoms. The van der Waals surface area contributed by atoms with Gasteiger partial charge < -0.3 is 10.4 Å². The van der Waals surface area contributed by atoms with Gasteiger partial charge in [0.1, 0.15) is 11.9 Å². The number of fused-ring (bicyclic) bond motifs is 1. The molecule has 0 saturated carbocycles. The fourth-order valence-corrected chi connectivity index (χ4v) is 2.71. The minimum Gasteiger partial charge on any atom is -0.478 e. The number of nitrogens with zero attached hydrogens (tertiary/aromatic N) is 2. The molecular weight excluding hydrogens is 301 g/mol. The first-order valence-electron chi connectivity index (χ1n) is 6.60.